The van der Waals surface area contributed by atoms with Gasteiger partial charge in [-0.15, -0.1) is 0 Å². The first-order chi connectivity index (χ1) is 15.9. The molecule has 0 aliphatic carbocycles. The number of anilines is 8. The minimum atomic E-state index is 0.142. The molecule has 14 nitrogen and oxygen atoms in total. The minimum Gasteiger partial charge on any atom is -0.368 e. The van der Waals surface area contributed by atoms with Crippen LogP contribution in [0.25, 0.3) is 0 Å². The smallest absolute Gasteiger partial charge is 0.233 e. The van der Waals surface area contributed by atoms with Gasteiger partial charge >= 0.3 is 0 Å². The Morgan fingerprint density at radius 2 is 1.52 bits per heavy atom. The first-order valence-electron chi connectivity index (χ1n) is 10.1. The Morgan fingerprint density at radius 1 is 0.848 bits per heavy atom. The number of aromatic amines is 2. The summed E-state index contributed by atoms with van der Waals surface area (Å²) >= 11 is 0. The Balaban J connectivity index is 1.42. The van der Waals surface area contributed by atoms with Crippen molar-refractivity contribution < 1.29 is 0 Å². The van der Waals surface area contributed by atoms with Gasteiger partial charge in [-0.3, -0.25) is 0 Å². The Kier molecular flexibility index (Phi) is 6.06. The topological polar surface area (TPSA) is 186 Å². The van der Waals surface area contributed by atoms with E-state index in [-0.39, 0.29) is 5.95 Å². The van der Waals surface area contributed by atoms with Crippen molar-refractivity contribution in [3.63, 3.8) is 0 Å². The molecular formula is C19H26N14. The lowest BCUT2D eigenvalue weighted by Gasteiger charge is -2.11. The van der Waals surface area contributed by atoms with Crippen LogP contribution >= 0.6 is 0 Å². The van der Waals surface area contributed by atoms with E-state index in [4.69, 9.17) is 5.73 Å². The van der Waals surface area contributed by atoms with Crippen molar-refractivity contribution in [2.24, 2.45) is 0 Å². The van der Waals surface area contributed by atoms with E-state index in [1.165, 1.54) is 0 Å². The Morgan fingerprint density at radius 3 is 2.21 bits per heavy atom. The summed E-state index contributed by atoms with van der Waals surface area (Å²) in [5, 5.41) is 12.4. The number of nitrogens with two attached hydrogens (primary N) is 1. The van der Waals surface area contributed by atoms with Crippen LogP contribution in [-0.4, -0.2) is 61.0 Å². The molecule has 0 aliphatic rings. The zero-order valence-corrected chi connectivity index (χ0v) is 18.7. The second-order valence-electron chi connectivity index (χ2n) is 7.36. The highest BCUT2D eigenvalue weighted by molar-refractivity contribution is 5.57. The van der Waals surface area contributed by atoms with Crippen molar-refractivity contribution >= 4 is 47.1 Å². The van der Waals surface area contributed by atoms with Gasteiger partial charge in [-0.05, 0) is 19.1 Å². The lowest BCUT2D eigenvalue weighted by molar-refractivity contribution is 0.969. The van der Waals surface area contributed by atoms with E-state index in [2.05, 4.69) is 61.1 Å². The normalized spacial score (nSPS) is 10.7. The molecule has 4 heterocycles. The Hall–Kier alpha value is -4.62. The van der Waals surface area contributed by atoms with Gasteiger partial charge in [-0.1, -0.05) is 0 Å². The first kappa shape index (κ1) is 21.6. The van der Waals surface area contributed by atoms with Crippen LogP contribution < -0.4 is 31.9 Å². The average Bonchev–Trinajstić information content (AvgIpc) is 3.40. The first-order valence-corrected chi connectivity index (χ1v) is 10.1. The third-order valence-corrected chi connectivity index (χ3v) is 4.42. The van der Waals surface area contributed by atoms with Crippen molar-refractivity contribution in [1.29, 1.82) is 0 Å². The lowest BCUT2D eigenvalue weighted by Crippen LogP contribution is -2.15. The highest BCUT2D eigenvalue weighted by atomic mass is 15.3. The van der Waals surface area contributed by atoms with Crippen LogP contribution in [0.1, 0.15) is 11.4 Å². The monoisotopic (exact) mass is 450 g/mol. The molecule has 0 saturated heterocycles. The molecule has 0 aromatic carbocycles. The SMILES string of the molecule is CNc1nc(NCc2cc(Nc3nc(N)nc(N(C)C)n3)c[nH]2)nc(Nc2c[nH]c(C)c2)n1. The summed E-state index contributed by atoms with van der Waals surface area (Å²) in [7, 11) is 5.42. The molecule has 4 aromatic heterocycles. The number of H-pyrrole nitrogens is 2. The van der Waals surface area contributed by atoms with Gasteiger partial charge in [0.15, 0.2) is 0 Å². The Labute approximate surface area is 189 Å². The number of nitrogen functional groups attached to an aromatic ring is 1. The predicted octanol–water partition coefficient (Wildman–Crippen LogP) is 1.81. The largest absolute Gasteiger partial charge is 0.368 e. The third kappa shape index (κ3) is 5.55. The van der Waals surface area contributed by atoms with Crippen LogP contribution in [0.5, 0.6) is 0 Å². The molecular weight excluding hydrogens is 424 g/mol. The molecule has 0 aliphatic heterocycles. The highest BCUT2D eigenvalue weighted by Gasteiger charge is 2.10. The number of hydrogen-bond acceptors (Lipinski definition) is 12. The van der Waals surface area contributed by atoms with Crippen molar-refractivity contribution in [2.75, 3.05) is 53.0 Å². The van der Waals surface area contributed by atoms with Gasteiger partial charge in [-0.2, -0.15) is 29.9 Å². The van der Waals surface area contributed by atoms with Gasteiger partial charge in [0.1, 0.15) is 0 Å². The summed E-state index contributed by atoms with van der Waals surface area (Å²) in [5.74, 6) is 2.26. The van der Waals surface area contributed by atoms with Crippen molar-refractivity contribution in [2.45, 2.75) is 13.5 Å². The molecule has 14 heteroatoms. The highest BCUT2D eigenvalue weighted by Crippen LogP contribution is 2.19. The van der Waals surface area contributed by atoms with Gasteiger partial charge in [0, 0.05) is 44.9 Å². The average molecular weight is 451 g/mol. The molecule has 172 valence electrons. The maximum absolute atomic E-state index is 5.78. The molecule has 0 saturated carbocycles. The maximum atomic E-state index is 5.78. The van der Waals surface area contributed by atoms with Crippen molar-refractivity contribution in [3.8, 4) is 0 Å². The number of aryl methyl sites for hydroxylation is 1. The number of nitrogens with one attached hydrogen (secondary N) is 6. The molecule has 4 aromatic rings. The van der Waals surface area contributed by atoms with Gasteiger partial charge in [-0.25, -0.2) is 0 Å². The molecule has 33 heavy (non-hydrogen) atoms. The maximum Gasteiger partial charge on any atom is 0.233 e. The standard InChI is InChI=1S/C19H26N14/c1-10-5-12(8-22-10)25-18-30-15(21-2)29-16(31-18)24-7-11-6-13(9-23-11)26-17-27-14(20)28-19(32-17)33(3)4/h5-6,8-9,22-23H,7H2,1-4H3,(H3,20,26,27,28,32)(H3,21,24,25,29,30,31). The van der Waals surface area contributed by atoms with E-state index < -0.39 is 0 Å². The molecule has 0 spiro atoms. The van der Waals surface area contributed by atoms with E-state index in [9.17, 15) is 0 Å². The number of aromatic nitrogens is 8. The fourth-order valence-corrected chi connectivity index (χ4v) is 2.89. The quantitative estimate of drug-likeness (QED) is 0.196. The number of rotatable bonds is 9. The second-order valence-corrected chi connectivity index (χ2v) is 7.36. The summed E-state index contributed by atoms with van der Waals surface area (Å²) in [6, 6.07) is 3.88. The lowest BCUT2D eigenvalue weighted by atomic mass is 10.4. The van der Waals surface area contributed by atoms with Crippen molar-refractivity contribution in [3.05, 3.63) is 35.9 Å². The molecule has 0 atom stereocenters. The van der Waals surface area contributed by atoms with E-state index in [0.717, 1.165) is 22.8 Å². The molecule has 0 fully saturated rings. The van der Waals surface area contributed by atoms with Gasteiger partial charge in [0.2, 0.25) is 35.7 Å². The van der Waals surface area contributed by atoms with Crippen LogP contribution in [0.4, 0.5) is 47.1 Å². The van der Waals surface area contributed by atoms with E-state index in [0.29, 0.717) is 36.3 Å². The van der Waals surface area contributed by atoms with Crippen LogP contribution in [0, 0.1) is 6.92 Å². The molecule has 0 unspecified atom stereocenters. The van der Waals surface area contributed by atoms with Crippen LogP contribution in [0.2, 0.25) is 0 Å². The zero-order valence-electron chi connectivity index (χ0n) is 18.7. The van der Waals surface area contributed by atoms with E-state index in [1.54, 1.807) is 18.1 Å². The summed E-state index contributed by atoms with van der Waals surface area (Å²) in [5.41, 5.74) is 9.35. The predicted molar refractivity (Wildman–Crippen MR) is 128 cm³/mol. The second kappa shape index (κ2) is 9.25. The number of hydrogen-bond donors (Lipinski definition) is 7. The summed E-state index contributed by atoms with van der Waals surface area (Å²) in [4.78, 5) is 33.7. The summed E-state index contributed by atoms with van der Waals surface area (Å²) < 4.78 is 0. The fraction of sp³-hybridized carbons (Fsp3) is 0.263. The molecule has 0 radical (unpaired) electrons. The molecule has 0 bridgehead atoms. The third-order valence-electron chi connectivity index (χ3n) is 4.42. The van der Waals surface area contributed by atoms with Crippen LogP contribution in [0.3, 0.4) is 0 Å². The summed E-state index contributed by atoms with van der Waals surface area (Å²) in [6.07, 6.45) is 3.65. The zero-order chi connectivity index (χ0) is 23.4. The van der Waals surface area contributed by atoms with Gasteiger partial charge in [0.05, 0.1) is 17.9 Å². The Bertz CT molecular complexity index is 1230. The van der Waals surface area contributed by atoms with Crippen LogP contribution in [-0.2, 0) is 6.54 Å². The van der Waals surface area contributed by atoms with Crippen LogP contribution in [0.15, 0.2) is 24.5 Å². The van der Waals surface area contributed by atoms with Crippen molar-refractivity contribution in [1.82, 2.24) is 39.9 Å². The number of nitrogens with zero attached hydrogens (tertiary/aromatic N) is 7. The van der Waals surface area contributed by atoms with Gasteiger partial charge in [0.25, 0.3) is 0 Å². The fourth-order valence-electron chi connectivity index (χ4n) is 2.89. The molecule has 0 amide bonds. The minimum absolute atomic E-state index is 0.142. The summed E-state index contributed by atoms with van der Waals surface area (Å²) in [6.45, 7) is 2.43. The van der Waals surface area contributed by atoms with Gasteiger partial charge < -0.3 is 41.9 Å². The molecule has 8 N–H and O–H groups in total. The van der Waals surface area contributed by atoms with E-state index in [1.807, 2.05) is 39.3 Å². The molecule has 4 rings (SSSR count). The van der Waals surface area contributed by atoms with E-state index >= 15 is 0 Å².